The van der Waals surface area contributed by atoms with Crippen molar-refractivity contribution in [1.29, 1.82) is 0 Å². The Hall–Kier alpha value is -4.61. The number of rotatable bonds is 8. The minimum atomic E-state index is -1.17. The van der Waals surface area contributed by atoms with E-state index in [-0.39, 0.29) is 23.5 Å². The predicted octanol–water partition coefficient (Wildman–Crippen LogP) is 5.32. The van der Waals surface area contributed by atoms with Gasteiger partial charge >= 0.3 is 0 Å². The van der Waals surface area contributed by atoms with Gasteiger partial charge in [-0.25, -0.2) is 9.07 Å². The van der Waals surface area contributed by atoms with Crippen LogP contribution < -0.4 is 15.6 Å². The number of hydrogen-bond donors (Lipinski definition) is 2. The summed E-state index contributed by atoms with van der Waals surface area (Å²) in [6.07, 6.45) is 2.21. The van der Waals surface area contributed by atoms with Crippen LogP contribution in [0.1, 0.15) is 39.6 Å². The number of ether oxygens (including phenoxy) is 1. The second-order valence-electron chi connectivity index (χ2n) is 9.77. The van der Waals surface area contributed by atoms with Crippen molar-refractivity contribution in [2.24, 2.45) is 0 Å². The molecule has 0 aliphatic heterocycles. The zero-order valence-corrected chi connectivity index (χ0v) is 22.7. The molecule has 1 amide bonds. The minimum absolute atomic E-state index is 0.0533. The van der Waals surface area contributed by atoms with E-state index < -0.39 is 22.9 Å². The molecule has 204 valence electrons. The van der Waals surface area contributed by atoms with Gasteiger partial charge in [0.15, 0.2) is 17.9 Å². The number of benzene rings is 2. The molecule has 0 spiro atoms. The fourth-order valence-electron chi connectivity index (χ4n) is 4.34. The van der Waals surface area contributed by atoms with Crippen LogP contribution in [0.5, 0.6) is 11.5 Å². The van der Waals surface area contributed by atoms with E-state index in [1.54, 1.807) is 67.9 Å². The molecule has 40 heavy (non-hydrogen) atoms. The first-order valence-corrected chi connectivity index (χ1v) is 13.1. The maximum atomic E-state index is 15.1. The normalized spacial score (nSPS) is 11.5. The lowest BCUT2D eigenvalue weighted by molar-refractivity contribution is 0.0546. The molecule has 0 fully saturated rings. The van der Waals surface area contributed by atoms with Gasteiger partial charge in [0, 0.05) is 24.0 Å². The van der Waals surface area contributed by atoms with Gasteiger partial charge in [0.05, 0.1) is 38.6 Å². The van der Waals surface area contributed by atoms with Crippen molar-refractivity contribution in [3.8, 4) is 17.2 Å². The maximum Gasteiger partial charge on any atom is 0.284 e. The molecule has 3 heterocycles. The second-order valence-corrected chi connectivity index (χ2v) is 10.9. The number of thiophene rings is 1. The van der Waals surface area contributed by atoms with Crippen LogP contribution >= 0.6 is 11.3 Å². The highest BCUT2D eigenvalue weighted by Gasteiger charge is 2.27. The minimum Gasteiger partial charge on any atom is -0.453 e. The summed E-state index contributed by atoms with van der Waals surface area (Å²) in [5, 5.41) is 13.1. The van der Waals surface area contributed by atoms with Crippen LogP contribution in [-0.4, -0.2) is 37.2 Å². The molecule has 0 aliphatic carbocycles. The van der Waals surface area contributed by atoms with Crippen molar-refractivity contribution in [3.05, 3.63) is 99.2 Å². The summed E-state index contributed by atoms with van der Waals surface area (Å²) in [4.78, 5) is 42.6. The number of para-hydroxylation sites is 1. The van der Waals surface area contributed by atoms with Gasteiger partial charge in [0.1, 0.15) is 11.3 Å². The molecule has 2 aromatic carbocycles. The number of carbonyl (C=O) groups is 2. The van der Waals surface area contributed by atoms with Crippen molar-refractivity contribution >= 4 is 39.4 Å². The van der Waals surface area contributed by atoms with Crippen molar-refractivity contribution in [2.45, 2.75) is 32.9 Å². The number of amides is 1. The van der Waals surface area contributed by atoms with Crippen molar-refractivity contribution < 1.29 is 23.8 Å². The van der Waals surface area contributed by atoms with Crippen LogP contribution in [0.25, 0.3) is 15.9 Å². The zero-order chi connectivity index (χ0) is 28.6. The number of fused-ring (bicyclic) bond motifs is 1. The second kappa shape index (κ2) is 10.5. The molecule has 2 N–H and O–H groups in total. The fourth-order valence-corrected chi connectivity index (χ4v) is 5.22. The molecule has 3 aromatic heterocycles. The third-order valence-corrected chi connectivity index (χ3v) is 7.15. The molecule has 5 aromatic rings. The number of carbonyl (C=O) groups excluding carboxylic acids is 2. The number of nitrogens with one attached hydrogen (secondary N) is 1. The molecule has 0 bridgehead atoms. The van der Waals surface area contributed by atoms with Crippen LogP contribution in [0.2, 0.25) is 0 Å². The van der Waals surface area contributed by atoms with Gasteiger partial charge in [0.25, 0.3) is 11.5 Å². The first-order valence-electron chi connectivity index (χ1n) is 12.3. The highest BCUT2D eigenvalue weighted by Crippen LogP contribution is 2.35. The number of hydrogen-bond acceptors (Lipinski definition) is 7. The summed E-state index contributed by atoms with van der Waals surface area (Å²) in [5.74, 6) is -1.21. The smallest absolute Gasteiger partial charge is 0.284 e. The molecule has 0 aliphatic rings. The van der Waals surface area contributed by atoms with Crippen molar-refractivity contribution in [2.75, 3.05) is 5.32 Å². The highest BCUT2D eigenvalue weighted by molar-refractivity contribution is 7.20. The van der Waals surface area contributed by atoms with E-state index in [1.807, 2.05) is 0 Å². The number of pyridine rings is 1. The van der Waals surface area contributed by atoms with Crippen LogP contribution in [0, 0.1) is 12.7 Å². The summed E-state index contributed by atoms with van der Waals surface area (Å²) in [6, 6.07) is 15.9. The Morgan fingerprint density at radius 3 is 2.58 bits per heavy atom. The highest BCUT2D eigenvalue weighted by atomic mass is 32.1. The summed E-state index contributed by atoms with van der Waals surface area (Å²) < 4.78 is 24.3. The van der Waals surface area contributed by atoms with E-state index in [4.69, 9.17) is 4.74 Å². The van der Waals surface area contributed by atoms with E-state index in [2.05, 4.69) is 10.3 Å². The van der Waals surface area contributed by atoms with E-state index in [9.17, 15) is 19.5 Å². The van der Waals surface area contributed by atoms with Crippen LogP contribution in [0.15, 0.2) is 71.7 Å². The Bertz CT molecular complexity index is 1800. The van der Waals surface area contributed by atoms with E-state index in [0.29, 0.717) is 38.5 Å². The molecule has 0 saturated heterocycles. The van der Waals surface area contributed by atoms with Gasteiger partial charge in [-0.15, -0.1) is 11.3 Å². The Kier molecular flexibility index (Phi) is 7.09. The van der Waals surface area contributed by atoms with Crippen molar-refractivity contribution in [1.82, 2.24) is 14.3 Å². The van der Waals surface area contributed by atoms with E-state index in [1.165, 1.54) is 34.3 Å². The SMILES string of the molecule is Cc1c(C(=O)Nc2ccc(Oc3ccnc4cc(C=O)sc34)c(F)c2)c(=O)n(-c2ccccc2)n1CC(C)(C)O. The Morgan fingerprint density at radius 1 is 1.15 bits per heavy atom. The molecule has 9 nitrogen and oxygen atoms in total. The molecule has 0 unspecified atom stereocenters. The summed E-state index contributed by atoms with van der Waals surface area (Å²) in [5.41, 5.74) is -0.312. The molecule has 0 radical (unpaired) electrons. The largest absolute Gasteiger partial charge is 0.453 e. The summed E-state index contributed by atoms with van der Waals surface area (Å²) >= 11 is 1.18. The molecular weight excluding hydrogens is 535 g/mol. The van der Waals surface area contributed by atoms with Gasteiger partial charge in [0.2, 0.25) is 0 Å². The van der Waals surface area contributed by atoms with Crippen LogP contribution in [-0.2, 0) is 6.54 Å². The Morgan fingerprint density at radius 2 is 1.90 bits per heavy atom. The lowest BCUT2D eigenvalue weighted by Gasteiger charge is -2.22. The average molecular weight is 561 g/mol. The monoisotopic (exact) mass is 560 g/mol. The lowest BCUT2D eigenvalue weighted by Crippen LogP contribution is -2.32. The maximum absolute atomic E-state index is 15.1. The zero-order valence-electron chi connectivity index (χ0n) is 21.8. The van der Waals surface area contributed by atoms with Gasteiger partial charge < -0.3 is 15.2 Å². The number of aldehydes is 1. The van der Waals surface area contributed by atoms with Gasteiger partial charge in [-0.1, -0.05) is 18.2 Å². The van der Waals surface area contributed by atoms with Crippen LogP contribution in [0.3, 0.4) is 0 Å². The first kappa shape index (κ1) is 27.0. The van der Waals surface area contributed by atoms with Gasteiger partial charge in [-0.2, -0.15) is 0 Å². The van der Waals surface area contributed by atoms with E-state index >= 15 is 4.39 Å². The lowest BCUT2D eigenvalue weighted by atomic mass is 10.1. The Labute approximate surface area is 232 Å². The molecule has 0 atom stereocenters. The molecule has 11 heteroatoms. The number of nitrogens with zero attached hydrogens (tertiary/aromatic N) is 3. The number of aromatic nitrogens is 3. The first-order chi connectivity index (χ1) is 19.1. The molecule has 5 rings (SSSR count). The average Bonchev–Trinajstić information content (AvgIpc) is 3.44. The van der Waals surface area contributed by atoms with Gasteiger partial charge in [-0.05, 0) is 51.1 Å². The summed E-state index contributed by atoms with van der Waals surface area (Å²) in [6.45, 7) is 4.89. The predicted molar refractivity (Wildman–Crippen MR) is 150 cm³/mol. The number of anilines is 1. The number of halogens is 1. The fraction of sp³-hybridized carbons (Fsp3) is 0.172. The summed E-state index contributed by atoms with van der Waals surface area (Å²) in [7, 11) is 0. The van der Waals surface area contributed by atoms with Gasteiger partial charge in [-0.3, -0.25) is 24.0 Å². The van der Waals surface area contributed by atoms with E-state index in [0.717, 1.165) is 6.07 Å². The number of aliphatic hydroxyl groups is 1. The third kappa shape index (κ3) is 5.29. The van der Waals surface area contributed by atoms with Crippen molar-refractivity contribution in [3.63, 3.8) is 0 Å². The third-order valence-electron chi connectivity index (χ3n) is 6.08. The topological polar surface area (TPSA) is 115 Å². The molecular formula is C29H25FN4O5S. The van der Waals surface area contributed by atoms with Crippen LogP contribution in [0.4, 0.5) is 10.1 Å². The quantitative estimate of drug-likeness (QED) is 0.248. The standard InChI is InChI=1S/C29H25FN4O5S/c1-17-25(28(37)34(19-7-5-4-6-8-19)33(17)16-29(2,3)38)27(36)32-18-9-10-23(21(30)13-18)39-24-11-12-31-22-14-20(15-35)40-26(22)24/h4-15,38H,16H2,1-3H3,(H,32,36). The Balaban J connectivity index is 1.44. The molecule has 0 saturated carbocycles.